The number of carbonyl (C=O) groups is 1. The highest BCUT2D eigenvalue weighted by Gasteiger charge is 2.35. The molecule has 2 aliphatic heterocycles. The average Bonchev–Trinajstić information content (AvgIpc) is 3.09. The van der Waals surface area contributed by atoms with E-state index >= 15 is 0 Å². The van der Waals surface area contributed by atoms with Crippen molar-refractivity contribution in [2.75, 3.05) is 6.73 Å². The van der Waals surface area contributed by atoms with Crippen molar-refractivity contribution in [3.8, 4) is 11.5 Å². The van der Waals surface area contributed by atoms with E-state index in [1.54, 1.807) is 12.1 Å². The van der Waals surface area contributed by atoms with Gasteiger partial charge in [-0.05, 0) is 47.9 Å². The summed E-state index contributed by atoms with van der Waals surface area (Å²) in [7, 11) is 0. The van der Waals surface area contributed by atoms with Gasteiger partial charge in [0, 0.05) is 13.1 Å². The van der Waals surface area contributed by atoms with E-state index < -0.39 is 0 Å². The van der Waals surface area contributed by atoms with Crippen LogP contribution in [0.5, 0.6) is 11.5 Å². The number of benzene rings is 3. The zero-order chi connectivity index (χ0) is 21.5. The maximum atomic E-state index is 13.1. The molecule has 31 heavy (non-hydrogen) atoms. The second kappa shape index (κ2) is 8.04. The summed E-state index contributed by atoms with van der Waals surface area (Å²) >= 11 is 12.2. The number of fused-ring (bicyclic) bond motifs is 3. The first-order valence-corrected chi connectivity index (χ1v) is 10.7. The lowest BCUT2D eigenvalue weighted by Crippen LogP contribution is -2.31. The molecule has 0 unspecified atom stereocenters. The summed E-state index contributed by atoms with van der Waals surface area (Å²) in [5.74, 6) is 1.59. The second-order valence-electron chi connectivity index (χ2n) is 7.73. The third-order valence-corrected chi connectivity index (χ3v) is 6.21. The van der Waals surface area contributed by atoms with Gasteiger partial charge in [0.05, 0.1) is 21.2 Å². The van der Waals surface area contributed by atoms with Crippen molar-refractivity contribution in [1.82, 2.24) is 4.90 Å². The van der Waals surface area contributed by atoms with Gasteiger partial charge in [-0.1, -0.05) is 59.6 Å². The normalized spacial score (nSPS) is 16.6. The Labute approximate surface area is 190 Å². The molecule has 0 atom stereocenters. The molecule has 0 fully saturated rings. The summed E-state index contributed by atoms with van der Waals surface area (Å²) in [6, 6.07) is 17.2. The van der Waals surface area contributed by atoms with Crippen LogP contribution in [0.2, 0.25) is 10.0 Å². The smallest absolute Gasteiger partial charge is 0.232 e. The van der Waals surface area contributed by atoms with E-state index in [1.807, 2.05) is 55.5 Å². The van der Waals surface area contributed by atoms with Crippen molar-refractivity contribution in [2.45, 2.75) is 20.0 Å². The quantitative estimate of drug-likeness (QED) is 0.439. The van der Waals surface area contributed by atoms with Gasteiger partial charge >= 0.3 is 0 Å². The van der Waals surface area contributed by atoms with Crippen LogP contribution in [0.3, 0.4) is 0 Å². The lowest BCUT2D eigenvalue weighted by Gasteiger charge is -2.30. The molecule has 0 N–H and O–H groups in total. The zero-order valence-corrected chi connectivity index (χ0v) is 18.3. The molecule has 2 heterocycles. The minimum Gasteiger partial charge on any atom is -0.478 e. The highest BCUT2D eigenvalue weighted by Crippen LogP contribution is 2.44. The molecule has 4 nitrogen and oxygen atoms in total. The van der Waals surface area contributed by atoms with Crippen LogP contribution < -0.4 is 9.47 Å². The number of halogens is 2. The number of nitrogens with zero attached hydrogens (tertiary/aromatic N) is 1. The summed E-state index contributed by atoms with van der Waals surface area (Å²) in [6.45, 7) is 3.59. The predicted octanol–water partition coefficient (Wildman–Crippen LogP) is 6.27. The number of rotatable bonds is 3. The second-order valence-corrected chi connectivity index (χ2v) is 8.55. The van der Waals surface area contributed by atoms with Crippen molar-refractivity contribution in [2.24, 2.45) is 0 Å². The van der Waals surface area contributed by atoms with Crippen molar-refractivity contribution in [3.63, 3.8) is 0 Å². The first-order valence-electron chi connectivity index (χ1n) is 9.94. The largest absolute Gasteiger partial charge is 0.478 e. The average molecular weight is 452 g/mol. The third kappa shape index (κ3) is 3.83. The molecule has 0 saturated heterocycles. The fourth-order valence-electron chi connectivity index (χ4n) is 3.97. The van der Waals surface area contributed by atoms with Gasteiger partial charge < -0.3 is 9.47 Å². The van der Waals surface area contributed by atoms with E-state index in [9.17, 15) is 4.79 Å². The number of ketones is 1. The molecule has 3 aromatic carbocycles. The maximum Gasteiger partial charge on any atom is 0.232 e. The van der Waals surface area contributed by atoms with Gasteiger partial charge in [0.25, 0.3) is 0 Å². The molecule has 0 amide bonds. The summed E-state index contributed by atoms with van der Waals surface area (Å²) in [4.78, 5) is 15.2. The molecular formula is C25H19Cl2NO3. The Morgan fingerprint density at radius 2 is 1.87 bits per heavy atom. The van der Waals surface area contributed by atoms with Crippen molar-refractivity contribution in [1.29, 1.82) is 0 Å². The number of aryl methyl sites for hydroxylation is 1. The Hall–Kier alpha value is -2.79. The molecule has 0 aliphatic carbocycles. The van der Waals surface area contributed by atoms with Crippen LogP contribution in [-0.2, 0) is 13.1 Å². The third-order valence-electron chi connectivity index (χ3n) is 5.48. The number of hydrogen-bond acceptors (Lipinski definition) is 4. The minimum atomic E-state index is -0.0965. The molecule has 2 aliphatic rings. The number of Topliss-reactive ketones (excluding diaryl/α,β-unsaturated/α-hetero) is 1. The predicted molar refractivity (Wildman–Crippen MR) is 122 cm³/mol. The maximum absolute atomic E-state index is 13.1. The van der Waals surface area contributed by atoms with Gasteiger partial charge in [0.1, 0.15) is 18.2 Å². The minimum absolute atomic E-state index is 0.0965. The van der Waals surface area contributed by atoms with Gasteiger partial charge in [-0.25, -0.2) is 0 Å². The van der Waals surface area contributed by atoms with Crippen LogP contribution in [0, 0.1) is 6.92 Å². The number of ether oxygens (including phenoxy) is 2. The Morgan fingerprint density at radius 1 is 1.06 bits per heavy atom. The Morgan fingerprint density at radius 3 is 2.65 bits per heavy atom. The van der Waals surface area contributed by atoms with Crippen LogP contribution in [0.1, 0.15) is 32.6 Å². The Kier molecular flexibility index (Phi) is 5.22. The summed E-state index contributed by atoms with van der Waals surface area (Å²) in [6.07, 6.45) is 1.78. The lowest BCUT2D eigenvalue weighted by atomic mass is 9.98. The van der Waals surface area contributed by atoms with E-state index in [-0.39, 0.29) is 5.78 Å². The zero-order valence-electron chi connectivity index (χ0n) is 16.8. The molecule has 0 radical (unpaired) electrons. The SMILES string of the molecule is Cc1cc2c(c3c1C(=O)/C(=C/c1ccccc1)O3)CN(Cc1ccc(Cl)c(Cl)c1)CO2. The number of carbonyl (C=O) groups excluding carboxylic acids is 1. The monoisotopic (exact) mass is 451 g/mol. The van der Waals surface area contributed by atoms with E-state index in [1.165, 1.54) is 0 Å². The highest BCUT2D eigenvalue weighted by molar-refractivity contribution is 6.42. The van der Waals surface area contributed by atoms with E-state index in [2.05, 4.69) is 4.90 Å². The standard InChI is InChI=1S/C25H19Cl2NO3/c1-15-9-21-18(13-28(14-30-21)12-17-7-8-19(26)20(27)10-17)25-23(15)24(29)22(31-25)11-16-5-3-2-4-6-16/h2-11H,12-14H2,1H3/b22-11-. The van der Waals surface area contributed by atoms with Gasteiger partial charge in [-0.2, -0.15) is 0 Å². The molecule has 5 rings (SSSR count). The van der Waals surface area contributed by atoms with E-state index in [0.717, 1.165) is 28.0 Å². The van der Waals surface area contributed by atoms with Crippen molar-refractivity contribution in [3.05, 3.63) is 98.2 Å². The first kappa shape index (κ1) is 20.1. The van der Waals surface area contributed by atoms with E-state index in [4.69, 9.17) is 32.7 Å². The Balaban J connectivity index is 1.45. The van der Waals surface area contributed by atoms with Crippen LogP contribution in [-0.4, -0.2) is 17.4 Å². The number of hydrogen-bond donors (Lipinski definition) is 0. The van der Waals surface area contributed by atoms with Crippen LogP contribution >= 0.6 is 23.2 Å². The highest BCUT2D eigenvalue weighted by atomic mass is 35.5. The van der Waals surface area contributed by atoms with Crippen LogP contribution in [0.15, 0.2) is 60.4 Å². The first-order chi connectivity index (χ1) is 15.0. The fraction of sp³-hybridized carbons (Fsp3) is 0.160. The van der Waals surface area contributed by atoms with E-state index in [0.29, 0.717) is 46.9 Å². The molecule has 0 saturated carbocycles. The van der Waals surface area contributed by atoms with Crippen LogP contribution in [0.4, 0.5) is 0 Å². The topological polar surface area (TPSA) is 38.8 Å². The lowest BCUT2D eigenvalue weighted by molar-refractivity contribution is 0.0872. The number of allylic oxidation sites excluding steroid dienone is 1. The molecule has 0 spiro atoms. The molecule has 3 aromatic rings. The fourth-order valence-corrected chi connectivity index (χ4v) is 4.29. The van der Waals surface area contributed by atoms with Gasteiger partial charge in [0.15, 0.2) is 5.76 Å². The van der Waals surface area contributed by atoms with Gasteiger partial charge in [-0.3, -0.25) is 9.69 Å². The Bertz CT molecular complexity index is 1220. The summed E-state index contributed by atoms with van der Waals surface area (Å²) in [5, 5.41) is 1.06. The summed E-state index contributed by atoms with van der Waals surface area (Å²) < 4.78 is 12.1. The van der Waals surface area contributed by atoms with Crippen molar-refractivity contribution >= 4 is 35.1 Å². The van der Waals surface area contributed by atoms with Gasteiger partial charge in [0.2, 0.25) is 5.78 Å². The molecule has 156 valence electrons. The molecule has 6 heteroatoms. The van der Waals surface area contributed by atoms with Crippen LogP contribution in [0.25, 0.3) is 6.08 Å². The molecule has 0 aromatic heterocycles. The van der Waals surface area contributed by atoms with Gasteiger partial charge in [-0.15, -0.1) is 0 Å². The molecule has 0 bridgehead atoms. The summed E-state index contributed by atoms with van der Waals surface area (Å²) in [5.41, 5.74) is 4.31. The van der Waals surface area contributed by atoms with Crippen molar-refractivity contribution < 1.29 is 14.3 Å². The molecular weight excluding hydrogens is 433 g/mol.